The molecular formula is C13H20NP. The molecule has 0 heterocycles. The fraction of sp³-hybridized carbons (Fsp3) is 0.308. The summed E-state index contributed by atoms with van der Waals surface area (Å²) in [5.74, 6) is 0. The first-order chi connectivity index (χ1) is 7.04. The monoisotopic (exact) mass is 221 g/mol. The van der Waals surface area contributed by atoms with E-state index < -0.39 is 0 Å². The van der Waals surface area contributed by atoms with Crippen molar-refractivity contribution in [3.8, 4) is 0 Å². The molecule has 0 saturated carbocycles. The van der Waals surface area contributed by atoms with Crippen molar-refractivity contribution in [2.24, 2.45) is 5.73 Å². The molecule has 0 saturated heterocycles. The van der Waals surface area contributed by atoms with Gasteiger partial charge in [0.1, 0.15) is 0 Å². The topological polar surface area (TPSA) is 26.0 Å². The lowest BCUT2D eigenvalue weighted by Gasteiger charge is -2.09. The Morgan fingerprint density at radius 1 is 1.27 bits per heavy atom. The Morgan fingerprint density at radius 2 is 1.80 bits per heavy atom. The third-order valence-electron chi connectivity index (χ3n) is 2.20. The molecule has 2 N–H and O–H groups in total. The second kappa shape index (κ2) is 6.42. The zero-order valence-electron chi connectivity index (χ0n) is 10.0. The summed E-state index contributed by atoms with van der Waals surface area (Å²) in [6, 6.07) is 6.13. The van der Waals surface area contributed by atoms with E-state index in [1.54, 1.807) is 0 Å². The van der Waals surface area contributed by atoms with Crippen molar-refractivity contribution in [1.29, 1.82) is 0 Å². The highest BCUT2D eigenvalue weighted by molar-refractivity contribution is 7.23. The van der Waals surface area contributed by atoms with Crippen molar-refractivity contribution in [2.45, 2.75) is 27.7 Å². The molecule has 0 atom stereocenters. The van der Waals surface area contributed by atoms with Gasteiger partial charge in [-0.25, -0.2) is 0 Å². The Bertz CT molecular complexity index is 367. The number of hydrogen-bond acceptors (Lipinski definition) is 1. The molecule has 1 nitrogen and oxygen atoms in total. The number of aryl methyl sites for hydroxylation is 1. The van der Waals surface area contributed by atoms with Gasteiger partial charge < -0.3 is 5.73 Å². The molecule has 1 aromatic carbocycles. The second-order valence-electron chi connectivity index (χ2n) is 3.15. The lowest BCUT2D eigenvalue weighted by Crippen LogP contribution is -2.10. The Hall–Kier alpha value is -1.07. The highest BCUT2D eigenvalue weighted by Crippen LogP contribution is 2.16. The average molecular weight is 221 g/mol. The number of rotatable bonds is 2. The van der Waals surface area contributed by atoms with Gasteiger partial charge >= 0.3 is 0 Å². The standard InChI is InChI=1S/C11H14NP.C2H6/c1-7-5-4-6-10(8(7)2)11(13)9(3)12;1-2/h4-6,13H,3,12H2,1-2H3;1-2H3. The largest absolute Gasteiger partial charge is 0.398 e. The van der Waals surface area contributed by atoms with Crippen LogP contribution >= 0.6 is 8.86 Å². The van der Waals surface area contributed by atoms with Gasteiger partial charge in [0.15, 0.2) is 0 Å². The van der Waals surface area contributed by atoms with E-state index in [1.807, 2.05) is 26.0 Å². The summed E-state index contributed by atoms with van der Waals surface area (Å²) in [6.45, 7) is 11.9. The fourth-order valence-electron chi connectivity index (χ4n) is 1.19. The second-order valence-corrected chi connectivity index (χ2v) is 3.65. The van der Waals surface area contributed by atoms with Crippen LogP contribution in [-0.4, -0.2) is 5.29 Å². The third kappa shape index (κ3) is 3.53. The molecule has 0 aliphatic carbocycles. The molecule has 0 fully saturated rings. The minimum atomic E-state index is 0.561. The number of benzene rings is 1. The Balaban J connectivity index is 0.000000921. The SMILES string of the molecule is C=C(N)C(=P)c1cccc(C)c1C.CC. The normalized spacial score (nSPS) is 8.80. The van der Waals surface area contributed by atoms with Crippen LogP contribution < -0.4 is 5.73 Å². The highest BCUT2D eigenvalue weighted by Gasteiger charge is 2.05. The molecule has 0 aromatic heterocycles. The molecule has 0 bridgehead atoms. The molecule has 0 spiro atoms. The van der Waals surface area contributed by atoms with Crippen LogP contribution in [-0.2, 0) is 0 Å². The molecule has 1 aromatic rings. The van der Waals surface area contributed by atoms with Gasteiger partial charge in [-0.3, -0.25) is 0 Å². The van der Waals surface area contributed by atoms with Crippen LogP contribution in [0.15, 0.2) is 30.5 Å². The lowest BCUT2D eigenvalue weighted by molar-refractivity contribution is 1.32. The van der Waals surface area contributed by atoms with Crippen LogP contribution in [0.5, 0.6) is 0 Å². The van der Waals surface area contributed by atoms with E-state index in [4.69, 9.17) is 5.73 Å². The van der Waals surface area contributed by atoms with Crippen LogP contribution in [0.4, 0.5) is 0 Å². The Morgan fingerprint density at radius 3 is 2.27 bits per heavy atom. The predicted molar refractivity (Wildman–Crippen MR) is 73.0 cm³/mol. The van der Waals surface area contributed by atoms with Gasteiger partial charge in [0, 0.05) is 11.0 Å². The molecule has 0 radical (unpaired) electrons. The maximum Gasteiger partial charge on any atom is 0.0361 e. The van der Waals surface area contributed by atoms with Crippen molar-refractivity contribution >= 4 is 14.2 Å². The molecule has 0 aliphatic heterocycles. The molecule has 1 rings (SSSR count). The van der Waals surface area contributed by atoms with E-state index >= 15 is 0 Å². The summed E-state index contributed by atoms with van der Waals surface area (Å²) in [5.41, 5.74) is 9.78. The zero-order chi connectivity index (χ0) is 12.0. The van der Waals surface area contributed by atoms with E-state index in [2.05, 4.69) is 35.4 Å². The molecule has 0 aliphatic rings. The summed E-state index contributed by atoms with van der Waals surface area (Å²) < 4.78 is 0. The first-order valence-corrected chi connectivity index (χ1v) is 5.64. The molecule has 82 valence electrons. The average Bonchev–Trinajstić information content (AvgIpc) is 2.24. The van der Waals surface area contributed by atoms with Gasteiger partial charge in [-0.15, -0.1) is 8.86 Å². The summed E-state index contributed by atoms with van der Waals surface area (Å²) in [5, 5.41) is 0.876. The Kier molecular flexibility index (Phi) is 5.96. The van der Waals surface area contributed by atoms with Gasteiger partial charge in [-0.2, -0.15) is 0 Å². The molecule has 0 amide bonds. The summed E-state index contributed by atoms with van der Waals surface area (Å²) >= 11 is 0. The summed E-state index contributed by atoms with van der Waals surface area (Å²) in [4.78, 5) is 0. The molecule has 15 heavy (non-hydrogen) atoms. The molecular weight excluding hydrogens is 201 g/mol. The maximum absolute atomic E-state index is 5.61. The first kappa shape index (κ1) is 13.9. The minimum absolute atomic E-state index is 0.561. The smallest absolute Gasteiger partial charge is 0.0361 e. The van der Waals surface area contributed by atoms with Crippen molar-refractivity contribution in [2.75, 3.05) is 0 Å². The van der Waals surface area contributed by atoms with E-state index in [1.165, 1.54) is 11.1 Å². The number of nitrogens with two attached hydrogens (primary N) is 1. The van der Waals surface area contributed by atoms with E-state index in [-0.39, 0.29) is 0 Å². The number of allylic oxidation sites excluding steroid dienone is 1. The highest BCUT2D eigenvalue weighted by atomic mass is 31.0. The van der Waals surface area contributed by atoms with Crippen LogP contribution in [0.1, 0.15) is 30.5 Å². The van der Waals surface area contributed by atoms with Crippen molar-refractivity contribution in [3.63, 3.8) is 0 Å². The van der Waals surface area contributed by atoms with Gasteiger partial charge in [-0.1, -0.05) is 38.6 Å². The first-order valence-electron chi connectivity index (χ1n) is 5.14. The Labute approximate surface area is 95.2 Å². The van der Waals surface area contributed by atoms with Crippen LogP contribution in [0.2, 0.25) is 0 Å². The zero-order valence-corrected chi connectivity index (χ0v) is 11.0. The molecule has 2 heteroatoms. The van der Waals surface area contributed by atoms with Gasteiger partial charge in [0.25, 0.3) is 0 Å². The molecule has 0 unspecified atom stereocenters. The van der Waals surface area contributed by atoms with E-state index in [9.17, 15) is 0 Å². The number of hydrogen-bond donors (Lipinski definition) is 1. The van der Waals surface area contributed by atoms with Crippen molar-refractivity contribution in [1.82, 2.24) is 0 Å². The van der Waals surface area contributed by atoms with Gasteiger partial charge in [0.2, 0.25) is 0 Å². The summed E-state index contributed by atoms with van der Waals surface area (Å²) in [6.07, 6.45) is 0. The maximum atomic E-state index is 5.61. The van der Waals surface area contributed by atoms with Crippen LogP contribution in [0.3, 0.4) is 0 Å². The predicted octanol–water partition coefficient (Wildman–Crippen LogP) is 3.47. The fourth-order valence-corrected chi connectivity index (χ4v) is 1.47. The third-order valence-corrected chi connectivity index (χ3v) is 2.79. The van der Waals surface area contributed by atoms with Gasteiger partial charge in [0.05, 0.1) is 0 Å². The van der Waals surface area contributed by atoms with Crippen LogP contribution in [0, 0.1) is 13.8 Å². The quantitative estimate of drug-likeness (QED) is 0.760. The van der Waals surface area contributed by atoms with E-state index in [0.29, 0.717) is 5.70 Å². The van der Waals surface area contributed by atoms with Crippen molar-refractivity contribution < 1.29 is 0 Å². The minimum Gasteiger partial charge on any atom is -0.398 e. The van der Waals surface area contributed by atoms with Gasteiger partial charge in [-0.05, 0) is 30.5 Å². The van der Waals surface area contributed by atoms with E-state index in [0.717, 1.165) is 10.9 Å². The summed E-state index contributed by atoms with van der Waals surface area (Å²) in [7, 11) is 3.48. The lowest BCUT2D eigenvalue weighted by atomic mass is 10.00. The van der Waals surface area contributed by atoms with Crippen LogP contribution in [0.25, 0.3) is 0 Å². The van der Waals surface area contributed by atoms with Crippen molar-refractivity contribution in [3.05, 3.63) is 47.2 Å².